The second kappa shape index (κ2) is 8.10. The Morgan fingerprint density at radius 1 is 1.00 bits per heavy atom. The van der Waals surface area contributed by atoms with Crippen LogP contribution in [0.25, 0.3) is 0 Å². The van der Waals surface area contributed by atoms with Gasteiger partial charge in [-0.05, 0) is 88.9 Å². The van der Waals surface area contributed by atoms with Crippen molar-refractivity contribution in [2.24, 2.45) is 29.1 Å². The molecule has 2 nitrogen and oxygen atoms in total. The van der Waals surface area contributed by atoms with Crippen LogP contribution in [-0.4, -0.2) is 18.3 Å². The van der Waals surface area contributed by atoms with Gasteiger partial charge in [0.1, 0.15) is 0 Å². The molecule has 0 aromatic heterocycles. The molecule has 160 valence electrons. The maximum Gasteiger partial charge on any atom is 0.487 e. The van der Waals surface area contributed by atoms with Gasteiger partial charge in [0.05, 0.1) is 11.2 Å². The number of fused-ring (bicyclic) bond motifs is 1. The SMILES string of the molecule is CC(C)CCC[C@@H](C)[C@H]1CC[C@H]2/C(=C/B3OC(C)(C)C(C)(C)O3)CCC[C@]12C. The fraction of sp³-hybridized carbons (Fsp3) is 0.920. The molecule has 0 radical (unpaired) electrons. The molecule has 28 heavy (non-hydrogen) atoms. The summed E-state index contributed by atoms with van der Waals surface area (Å²) in [6, 6.07) is 0. The molecule has 1 saturated heterocycles. The van der Waals surface area contributed by atoms with Gasteiger partial charge in [-0.2, -0.15) is 0 Å². The Balaban J connectivity index is 1.70. The highest BCUT2D eigenvalue weighted by Crippen LogP contribution is 2.60. The third-order valence-electron chi connectivity index (χ3n) is 8.79. The molecule has 0 amide bonds. The fourth-order valence-corrected chi connectivity index (χ4v) is 6.40. The van der Waals surface area contributed by atoms with Crippen molar-refractivity contribution >= 4 is 7.12 Å². The van der Waals surface area contributed by atoms with Gasteiger partial charge in [-0.25, -0.2) is 0 Å². The highest BCUT2D eigenvalue weighted by atomic mass is 16.7. The van der Waals surface area contributed by atoms with Crippen LogP contribution in [0.15, 0.2) is 11.5 Å². The maximum atomic E-state index is 6.30. The number of hydrogen-bond acceptors (Lipinski definition) is 2. The van der Waals surface area contributed by atoms with Crippen LogP contribution in [0, 0.1) is 29.1 Å². The molecule has 3 heteroatoms. The summed E-state index contributed by atoms with van der Waals surface area (Å²) in [4.78, 5) is 0. The van der Waals surface area contributed by atoms with Crippen LogP contribution < -0.4 is 0 Å². The quantitative estimate of drug-likeness (QED) is 0.447. The Bertz CT molecular complexity index is 563. The van der Waals surface area contributed by atoms with Gasteiger partial charge in [0.15, 0.2) is 0 Å². The molecule has 0 unspecified atom stereocenters. The van der Waals surface area contributed by atoms with Gasteiger partial charge in [-0.3, -0.25) is 0 Å². The molecule has 3 aliphatic rings. The van der Waals surface area contributed by atoms with Crippen molar-refractivity contribution in [2.45, 2.75) is 118 Å². The zero-order valence-electron chi connectivity index (χ0n) is 19.9. The predicted molar refractivity (Wildman–Crippen MR) is 120 cm³/mol. The van der Waals surface area contributed by atoms with Crippen molar-refractivity contribution in [3.8, 4) is 0 Å². The topological polar surface area (TPSA) is 18.5 Å². The first-order valence-electron chi connectivity index (χ1n) is 12.0. The van der Waals surface area contributed by atoms with Gasteiger partial charge in [0, 0.05) is 0 Å². The molecule has 2 aliphatic carbocycles. The monoisotopic (exact) mass is 388 g/mol. The molecular formula is C25H45BO2. The van der Waals surface area contributed by atoms with Crippen LogP contribution in [0.1, 0.15) is 107 Å². The second-order valence-corrected chi connectivity index (χ2v) is 11.8. The summed E-state index contributed by atoms with van der Waals surface area (Å²) < 4.78 is 12.6. The van der Waals surface area contributed by atoms with Gasteiger partial charge in [0.25, 0.3) is 0 Å². The molecule has 3 fully saturated rings. The van der Waals surface area contributed by atoms with E-state index >= 15 is 0 Å². The van der Waals surface area contributed by atoms with E-state index in [1.807, 2.05) is 0 Å². The zero-order chi connectivity index (χ0) is 20.7. The van der Waals surface area contributed by atoms with Crippen LogP contribution >= 0.6 is 0 Å². The minimum absolute atomic E-state index is 0.176. The Hall–Kier alpha value is -0.275. The van der Waals surface area contributed by atoms with Gasteiger partial charge in [-0.1, -0.05) is 58.5 Å². The molecule has 2 saturated carbocycles. The van der Waals surface area contributed by atoms with E-state index in [4.69, 9.17) is 9.31 Å². The van der Waals surface area contributed by atoms with Gasteiger partial charge >= 0.3 is 7.12 Å². The standard InChI is InChI=1S/C25H45BO2/c1-18(2)11-9-12-19(3)21-14-15-22-20(13-10-16-25(21,22)8)17-26-27-23(4,5)24(6,7)28-26/h17-19,21-22H,9-16H2,1-8H3/b20-17+/t19-,21-,22+,25-/m1/s1. The van der Waals surface area contributed by atoms with Crippen molar-refractivity contribution in [3.05, 3.63) is 11.5 Å². The lowest BCUT2D eigenvalue weighted by Gasteiger charge is -2.44. The molecule has 4 atom stereocenters. The Kier molecular flexibility index (Phi) is 6.48. The van der Waals surface area contributed by atoms with E-state index in [0.29, 0.717) is 5.41 Å². The summed E-state index contributed by atoms with van der Waals surface area (Å²) in [5, 5.41) is 0. The Morgan fingerprint density at radius 2 is 1.64 bits per heavy atom. The number of allylic oxidation sites excluding steroid dienone is 1. The van der Waals surface area contributed by atoms with Crippen molar-refractivity contribution in [2.75, 3.05) is 0 Å². The molecule has 0 aromatic rings. The summed E-state index contributed by atoms with van der Waals surface area (Å²) in [6.07, 6.45) is 10.9. The largest absolute Gasteiger partial charge is 0.487 e. The van der Waals surface area contributed by atoms with Crippen molar-refractivity contribution < 1.29 is 9.31 Å². The summed E-state index contributed by atoms with van der Waals surface area (Å²) in [7, 11) is -0.176. The van der Waals surface area contributed by atoms with Gasteiger partial charge in [-0.15, -0.1) is 0 Å². The zero-order valence-corrected chi connectivity index (χ0v) is 19.9. The van der Waals surface area contributed by atoms with Crippen LogP contribution in [0.2, 0.25) is 0 Å². The van der Waals surface area contributed by atoms with E-state index < -0.39 is 0 Å². The van der Waals surface area contributed by atoms with E-state index in [1.54, 1.807) is 5.57 Å². The van der Waals surface area contributed by atoms with E-state index in [9.17, 15) is 0 Å². The third kappa shape index (κ3) is 4.26. The van der Waals surface area contributed by atoms with Crippen LogP contribution in [0.3, 0.4) is 0 Å². The first-order valence-corrected chi connectivity index (χ1v) is 12.0. The summed E-state index contributed by atoms with van der Waals surface area (Å²) in [5.41, 5.74) is 1.63. The van der Waals surface area contributed by atoms with Crippen molar-refractivity contribution in [3.63, 3.8) is 0 Å². The smallest absolute Gasteiger partial charge is 0.400 e. The molecule has 0 bridgehead atoms. The summed E-state index contributed by atoms with van der Waals surface area (Å²) in [6.45, 7) is 18.5. The van der Waals surface area contributed by atoms with Crippen molar-refractivity contribution in [1.82, 2.24) is 0 Å². The van der Waals surface area contributed by atoms with E-state index in [0.717, 1.165) is 23.7 Å². The first-order chi connectivity index (χ1) is 13.0. The summed E-state index contributed by atoms with van der Waals surface area (Å²) in [5.74, 6) is 5.67. The number of hydrogen-bond donors (Lipinski definition) is 0. The fourth-order valence-electron chi connectivity index (χ4n) is 6.40. The highest BCUT2D eigenvalue weighted by Gasteiger charge is 2.53. The van der Waals surface area contributed by atoms with Crippen LogP contribution in [0.4, 0.5) is 0 Å². The molecular weight excluding hydrogens is 343 g/mol. The number of rotatable bonds is 6. The van der Waals surface area contributed by atoms with Gasteiger partial charge < -0.3 is 9.31 Å². The third-order valence-corrected chi connectivity index (χ3v) is 8.79. The highest BCUT2D eigenvalue weighted by molar-refractivity contribution is 6.51. The van der Waals surface area contributed by atoms with E-state index in [-0.39, 0.29) is 18.3 Å². The van der Waals surface area contributed by atoms with Gasteiger partial charge in [0.2, 0.25) is 0 Å². The lowest BCUT2D eigenvalue weighted by Crippen LogP contribution is -2.41. The average Bonchev–Trinajstić information content (AvgIpc) is 3.00. The van der Waals surface area contributed by atoms with E-state index in [1.165, 1.54) is 51.4 Å². The molecule has 1 heterocycles. The minimum atomic E-state index is -0.240. The molecule has 0 spiro atoms. The van der Waals surface area contributed by atoms with Crippen molar-refractivity contribution in [1.29, 1.82) is 0 Å². The Labute approximate surface area is 175 Å². The lowest BCUT2D eigenvalue weighted by atomic mass is 9.59. The Morgan fingerprint density at radius 3 is 2.25 bits per heavy atom. The molecule has 0 aromatic carbocycles. The second-order valence-electron chi connectivity index (χ2n) is 11.8. The van der Waals surface area contributed by atoms with Crippen LogP contribution in [-0.2, 0) is 9.31 Å². The van der Waals surface area contributed by atoms with E-state index in [2.05, 4.69) is 61.4 Å². The normalized spacial score (nSPS) is 36.9. The average molecular weight is 388 g/mol. The van der Waals surface area contributed by atoms with Crippen LogP contribution in [0.5, 0.6) is 0 Å². The summed E-state index contributed by atoms with van der Waals surface area (Å²) >= 11 is 0. The minimum Gasteiger partial charge on any atom is -0.400 e. The molecule has 3 rings (SSSR count). The first kappa shape index (κ1) is 22.4. The lowest BCUT2D eigenvalue weighted by molar-refractivity contribution is 0.00578. The predicted octanol–water partition coefficient (Wildman–Crippen LogP) is 7.22. The molecule has 0 N–H and O–H groups in total. The molecule has 1 aliphatic heterocycles. The maximum absolute atomic E-state index is 6.30.